The minimum atomic E-state index is -1.22. The van der Waals surface area contributed by atoms with Crippen molar-refractivity contribution < 1.29 is 14.3 Å². The molecule has 0 aromatic heterocycles. The molecule has 0 atom stereocenters. The molecule has 0 bridgehead atoms. The molecule has 0 unspecified atom stereocenters. The molecular formula is C15H20FNO2. The normalized spacial score (nSPS) is 18.3. The lowest BCUT2D eigenvalue weighted by molar-refractivity contribution is 0.0691. The summed E-state index contributed by atoms with van der Waals surface area (Å²) in [5.41, 5.74) is 7.24. The number of aryl methyl sites for hydroxylation is 1. The second kappa shape index (κ2) is 5.29. The van der Waals surface area contributed by atoms with Crippen LogP contribution >= 0.6 is 0 Å². The first kappa shape index (κ1) is 14.0. The Hall–Kier alpha value is -1.42. The number of rotatable bonds is 3. The van der Waals surface area contributed by atoms with E-state index in [1.807, 2.05) is 6.92 Å². The van der Waals surface area contributed by atoms with Gasteiger partial charge >= 0.3 is 5.97 Å². The Kier molecular flexibility index (Phi) is 3.90. The molecule has 2 rings (SSSR count). The maximum Gasteiger partial charge on any atom is 0.338 e. The average Bonchev–Trinajstić information content (AvgIpc) is 2.39. The minimum absolute atomic E-state index is 0.180. The fourth-order valence-corrected chi connectivity index (χ4v) is 3.22. The second-order valence-corrected chi connectivity index (χ2v) is 5.50. The Balaban J connectivity index is 2.53. The van der Waals surface area contributed by atoms with E-state index in [9.17, 15) is 9.18 Å². The zero-order valence-electron chi connectivity index (χ0n) is 11.2. The summed E-state index contributed by atoms with van der Waals surface area (Å²) in [6.07, 6.45) is 5.28. The number of benzene rings is 1. The molecule has 0 spiro atoms. The van der Waals surface area contributed by atoms with Crippen LogP contribution in [0, 0.1) is 12.7 Å². The molecule has 3 N–H and O–H groups in total. The number of carboxylic acids is 1. The van der Waals surface area contributed by atoms with E-state index in [0.717, 1.165) is 36.8 Å². The third-order valence-corrected chi connectivity index (χ3v) is 4.32. The Labute approximate surface area is 112 Å². The molecule has 3 nitrogen and oxygen atoms in total. The second-order valence-electron chi connectivity index (χ2n) is 5.50. The Morgan fingerprint density at radius 1 is 1.37 bits per heavy atom. The van der Waals surface area contributed by atoms with Crippen LogP contribution in [0.4, 0.5) is 4.39 Å². The van der Waals surface area contributed by atoms with E-state index in [2.05, 4.69) is 0 Å². The van der Waals surface area contributed by atoms with E-state index >= 15 is 0 Å². The van der Waals surface area contributed by atoms with Crippen LogP contribution in [0.5, 0.6) is 0 Å². The third kappa shape index (κ3) is 2.50. The van der Waals surface area contributed by atoms with Crippen LogP contribution in [0.15, 0.2) is 12.1 Å². The van der Waals surface area contributed by atoms with Gasteiger partial charge in [0.15, 0.2) is 0 Å². The summed E-state index contributed by atoms with van der Waals surface area (Å²) >= 11 is 0. The van der Waals surface area contributed by atoms with Crippen LogP contribution in [-0.4, -0.2) is 17.6 Å². The van der Waals surface area contributed by atoms with Crippen molar-refractivity contribution in [2.75, 3.05) is 6.54 Å². The predicted molar refractivity (Wildman–Crippen MR) is 71.9 cm³/mol. The van der Waals surface area contributed by atoms with Gasteiger partial charge in [-0.15, -0.1) is 0 Å². The van der Waals surface area contributed by atoms with Crippen LogP contribution in [0.3, 0.4) is 0 Å². The molecule has 104 valence electrons. The highest BCUT2D eigenvalue weighted by atomic mass is 19.1. The molecule has 1 aliphatic carbocycles. The fraction of sp³-hybridized carbons (Fsp3) is 0.533. The number of hydrogen-bond donors (Lipinski definition) is 2. The monoisotopic (exact) mass is 265 g/mol. The first-order valence-corrected chi connectivity index (χ1v) is 6.74. The van der Waals surface area contributed by atoms with E-state index in [0.29, 0.717) is 6.54 Å². The van der Waals surface area contributed by atoms with Crippen LogP contribution in [-0.2, 0) is 5.41 Å². The summed E-state index contributed by atoms with van der Waals surface area (Å²) in [4.78, 5) is 11.1. The quantitative estimate of drug-likeness (QED) is 0.883. The average molecular weight is 265 g/mol. The molecule has 4 heteroatoms. The lowest BCUT2D eigenvalue weighted by Crippen LogP contribution is -2.38. The lowest BCUT2D eigenvalue weighted by atomic mass is 9.68. The highest BCUT2D eigenvalue weighted by molar-refractivity contribution is 5.88. The maximum absolute atomic E-state index is 13.7. The largest absolute Gasteiger partial charge is 0.478 e. The molecule has 19 heavy (non-hydrogen) atoms. The molecule has 0 radical (unpaired) electrons. The van der Waals surface area contributed by atoms with Gasteiger partial charge in [0.2, 0.25) is 0 Å². The first-order chi connectivity index (χ1) is 9.00. The number of carbonyl (C=O) groups is 1. The molecule has 0 aliphatic heterocycles. The number of hydrogen-bond acceptors (Lipinski definition) is 2. The van der Waals surface area contributed by atoms with Gasteiger partial charge in [-0.25, -0.2) is 9.18 Å². The summed E-state index contributed by atoms with van der Waals surface area (Å²) in [6, 6.07) is 2.82. The molecule has 1 aromatic rings. The molecule has 1 saturated carbocycles. The van der Waals surface area contributed by atoms with E-state index in [-0.39, 0.29) is 11.0 Å². The number of halogens is 1. The summed E-state index contributed by atoms with van der Waals surface area (Å²) < 4.78 is 13.7. The van der Waals surface area contributed by atoms with Gasteiger partial charge in [-0.05, 0) is 43.0 Å². The van der Waals surface area contributed by atoms with Crippen LogP contribution < -0.4 is 5.73 Å². The van der Waals surface area contributed by atoms with E-state index in [1.54, 1.807) is 0 Å². The van der Waals surface area contributed by atoms with Gasteiger partial charge in [-0.2, -0.15) is 0 Å². The summed E-state index contributed by atoms with van der Waals surface area (Å²) in [5, 5.41) is 9.06. The molecule has 1 fully saturated rings. The van der Waals surface area contributed by atoms with Crippen molar-refractivity contribution in [1.29, 1.82) is 0 Å². The fourth-order valence-electron chi connectivity index (χ4n) is 3.22. The number of aromatic carboxylic acids is 1. The van der Waals surface area contributed by atoms with Gasteiger partial charge in [0.05, 0.1) is 5.56 Å². The zero-order chi connectivity index (χ0) is 14.0. The summed E-state index contributed by atoms with van der Waals surface area (Å²) in [6.45, 7) is 2.31. The van der Waals surface area contributed by atoms with Gasteiger partial charge < -0.3 is 10.8 Å². The van der Waals surface area contributed by atoms with Crippen molar-refractivity contribution in [3.05, 3.63) is 34.6 Å². The van der Waals surface area contributed by atoms with Gasteiger partial charge in [-0.1, -0.05) is 19.3 Å². The third-order valence-electron chi connectivity index (χ3n) is 4.32. The maximum atomic E-state index is 13.7. The number of carboxylic acid groups (broad SMARTS) is 1. The van der Waals surface area contributed by atoms with Crippen LogP contribution in [0.2, 0.25) is 0 Å². The van der Waals surface area contributed by atoms with Crippen molar-refractivity contribution >= 4 is 5.97 Å². The molecule has 1 aromatic carbocycles. The predicted octanol–water partition coefficient (Wildman–Crippen LogP) is 2.99. The van der Waals surface area contributed by atoms with E-state index in [1.165, 1.54) is 18.6 Å². The van der Waals surface area contributed by atoms with Gasteiger partial charge in [-0.3, -0.25) is 0 Å². The van der Waals surface area contributed by atoms with Crippen molar-refractivity contribution in [3.8, 4) is 0 Å². The molecular weight excluding hydrogens is 245 g/mol. The Morgan fingerprint density at radius 2 is 2.00 bits per heavy atom. The van der Waals surface area contributed by atoms with Crippen LogP contribution in [0.1, 0.15) is 53.6 Å². The minimum Gasteiger partial charge on any atom is -0.478 e. The molecule has 0 saturated heterocycles. The smallest absolute Gasteiger partial charge is 0.338 e. The zero-order valence-corrected chi connectivity index (χ0v) is 11.2. The summed E-state index contributed by atoms with van der Waals surface area (Å²) in [5.74, 6) is -1.89. The topological polar surface area (TPSA) is 63.3 Å². The van der Waals surface area contributed by atoms with Crippen LogP contribution in [0.25, 0.3) is 0 Å². The molecule has 0 heterocycles. The van der Waals surface area contributed by atoms with E-state index in [4.69, 9.17) is 10.8 Å². The van der Waals surface area contributed by atoms with E-state index < -0.39 is 11.8 Å². The van der Waals surface area contributed by atoms with Crippen molar-refractivity contribution in [2.24, 2.45) is 5.73 Å². The van der Waals surface area contributed by atoms with Gasteiger partial charge in [0.25, 0.3) is 0 Å². The molecule has 1 aliphatic rings. The van der Waals surface area contributed by atoms with Crippen molar-refractivity contribution in [2.45, 2.75) is 44.4 Å². The van der Waals surface area contributed by atoms with Crippen molar-refractivity contribution in [3.63, 3.8) is 0 Å². The Morgan fingerprint density at radius 3 is 2.53 bits per heavy atom. The lowest BCUT2D eigenvalue weighted by Gasteiger charge is -2.38. The standard InChI is InChI=1S/C15H20FNO2/c1-10-7-13(16)11(14(18)19)8-12(10)15(9-17)5-3-2-4-6-15/h7-8H,2-6,9,17H2,1H3,(H,18,19). The van der Waals surface area contributed by atoms with Crippen molar-refractivity contribution in [1.82, 2.24) is 0 Å². The van der Waals surface area contributed by atoms with Gasteiger partial charge in [0.1, 0.15) is 5.82 Å². The number of nitrogens with two attached hydrogens (primary N) is 1. The Bertz CT molecular complexity index is 493. The highest BCUT2D eigenvalue weighted by Gasteiger charge is 2.34. The highest BCUT2D eigenvalue weighted by Crippen LogP contribution is 2.40. The summed E-state index contributed by atoms with van der Waals surface area (Å²) in [7, 11) is 0. The van der Waals surface area contributed by atoms with Gasteiger partial charge in [0, 0.05) is 12.0 Å². The molecule has 0 amide bonds. The first-order valence-electron chi connectivity index (χ1n) is 6.74. The SMILES string of the molecule is Cc1cc(F)c(C(=O)O)cc1C1(CN)CCCCC1.